The van der Waals surface area contributed by atoms with Crippen molar-refractivity contribution in [2.45, 2.75) is 55.3 Å². The lowest BCUT2D eigenvalue weighted by Gasteiger charge is -2.62. The standard InChI is InChI=1S/C27H27NO4.C4H4O4/c29-20-9-8-18-13-21-27(31)14-19(12-16-4-2-1-3-5-16)23(30)25-26(27,22(18)24(20)32-25)10-11-28(21)15-17-6-7-17;5-3(6)1-2-4(7)8/h1-5,8-9,12,17,21,25,29,31H,6-7,10-11,13-15H2;1-2H,(H,5,6)(H,7,8). The second kappa shape index (κ2) is 9.60. The Balaban J connectivity index is 0.000000319. The molecule has 40 heavy (non-hydrogen) atoms. The average Bonchev–Trinajstić information content (AvgIpc) is 3.66. The largest absolute Gasteiger partial charge is 0.504 e. The van der Waals surface area contributed by atoms with Crippen LogP contribution in [0.2, 0.25) is 0 Å². The number of aliphatic hydroxyl groups is 1. The maximum atomic E-state index is 13.8. The average molecular weight is 546 g/mol. The molecule has 5 aliphatic rings. The third kappa shape index (κ3) is 4.12. The molecule has 2 aromatic rings. The summed E-state index contributed by atoms with van der Waals surface area (Å²) in [4.78, 5) is 35.4. The minimum Gasteiger partial charge on any atom is -0.504 e. The smallest absolute Gasteiger partial charge is 0.328 e. The van der Waals surface area contributed by atoms with Gasteiger partial charge in [0.15, 0.2) is 23.4 Å². The lowest BCUT2D eigenvalue weighted by atomic mass is 9.48. The molecular formula is C31H31NO8. The number of carboxylic acids is 2. The van der Waals surface area contributed by atoms with E-state index in [-0.39, 0.29) is 17.6 Å². The first-order chi connectivity index (χ1) is 19.1. The van der Waals surface area contributed by atoms with Crippen molar-refractivity contribution in [2.24, 2.45) is 5.92 Å². The number of aliphatic carboxylic acids is 2. The summed E-state index contributed by atoms with van der Waals surface area (Å²) < 4.78 is 6.26. The molecule has 2 bridgehead atoms. The van der Waals surface area contributed by atoms with Crippen LogP contribution in [-0.2, 0) is 26.2 Å². The molecule has 2 saturated carbocycles. The van der Waals surface area contributed by atoms with Crippen molar-refractivity contribution in [3.8, 4) is 11.5 Å². The van der Waals surface area contributed by atoms with Crippen LogP contribution in [-0.4, -0.2) is 73.9 Å². The number of phenols is 1. The van der Waals surface area contributed by atoms with Crippen LogP contribution in [0.3, 0.4) is 0 Å². The Labute approximate surface area is 231 Å². The molecule has 3 fully saturated rings. The van der Waals surface area contributed by atoms with E-state index in [1.807, 2.05) is 42.5 Å². The van der Waals surface area contributed by atoms with Crippen molar-refractivity contribution < 1.29 is 39.5 Å². The first-order valence-electron chi connectivity index (χ1n) is 13.6. The van der Waals surface area contributed by atoms with Crippen LogP contribution in [0.5, 0.6) is 11.5 Å². The van der Waals surface area contributed by atoms with Crippen molar-refractivity contribution in [2.75, 3.05) is 13.1 Å². The Morgan fingerprint density at radius 2 is 1.75 bits per heavy atom. The highest BCUT2D eigenvalue weighted by molar-refractivity contribution is 6.06. The van der Waals surface area contributed by atoms with Gasteiger partial charge >= 0.3 is 11.9 Å². The summed E-state index contributed by atoms with van der Waals surface area (Å²) in [5.41, 5.74) is 1.67. The second-order valence-electron chi connectivity index (χ2n) is 11.4. The van der Waals surface area contributed by atoms with Crippen molar-refractivity contribution in [3.63, 3.8) is 0 Å². The van der Waals surface area contributed by atoms with Crippen LogP contribution in [0.25, 0.3) is 6.08 Å². The first-order valence-corrected chi connectivity index (χ1v) is 13.6. The van der Waals surface area contributed by atoms with Gasteiger partial charge in [-0.25, -0.2) is 9.59 Å². The van der Waals surface area contributed by atoms with Crippen LogP contribution < -0.4 is 4.74 Å². The normalized spacial score (nSPS) is 30.8. The predicted molar refractivity (Wildman–Crippen MR) is 144 cm³/mol. The number of carboxylic acid groups (broad SMARTS) is 2. The molecule has 4 atom stereocenters. The van der Waals surface area contributed by atoms with E-state index in [0.29, 0.717) is 36.3 Å². The van der Waals surface area contributed by atoms with E-state index < -0.39 is 29.1 Å². The fraction of sp³-hybridized carbons (Fsp3) is 0.387. The summed E-state index contributed by atoms with van der Waals surface area (Å²) in [5, 5.41) is 38.8. The maximum Gasteiger partial charge on any atom is 0.328 e. The topological polar surface area (TPSA) is 145 Å². The molecule has 0 radical (unpaired) electrons. The van der Waals surface area contributed by atoms with E-state index in [1.165, 1.54) is 12.8 Å². The number of ketones is 1. The third-order valence-corrected chi connectivity index (χ3v) is 9.04. The molecule has 2 aliphatic heterocycles. The van der Waals surface area contributed by atoms with Crippen molar-refractivity contribution >= 4 is 23.8 Å². The summed E-state index contributed by atoms with van der Waals surface area (Å²) in [6.45, 7) is 1.86. The summed E-state index contributed by atoms with van der Waals surface area (Å²) in [7, 11) is 0. The van der Waals surface area contributed by atoms with Crippen LogP contribution in [0.4, 0.5) is 0 Å². The molecule has 7 rings (SSSR count). The summed E-state index contributed by atoms with van der Waals surface area (Å²) >= 11 is 0. The van der Waals surface area contributed by atoms with E-state index in [2.05, 4.69) is 4.90 Å². The Bertz CT molecular complexity index is 1430. The van der Waals surface area contributed by atoms with Crippen molar-refractivity contribution in [3.05, 3.63) is 76.9 Å². The van der Waals surface area contributed by atoms with E-state index >= 15 is 0 Å². The molecule has 4 unspecified atom stereocenters. The van der Waals surface area contributed by atoms with Crippen molar-refractivity contribution in [1.82, 2.24) is 4.90 Å². The number of piperidine rings is 1. The Morgan fingerprint density at radius 1 is 1.05 bits per heavy atom. The highest BCUT2D eigenvalue weighted by atomic mass is 16.5. The molecule has 208 valence electrons. The van der Waals surface area contributed by atoms with Crippen LogP contribution in [0, 0.1) is 5.92 Å². The van der Waals surface area contributed by atoms with Crippen LogP contribution in [0.1, 0.15) is 42.4 Å². The van der Waals surface area contributed by atoms with Gasteiger partial charge in [0.1, 0.15) is 0 Å². The van der Waals surface area contributed by atoms with Gasteiger partial charge in [0.2, 0.25) is 0 Å². The molecule has 0 amide bonds. The number of hydrogen-bond acceptors (Lipinski definition) is 7. The number of aromatic hydroxyl groups is 1. The number of likely N-dealkylation sites (tertiary alicyclic amines) is 1. The predicted octanol–water partition coefficient (Wildman–Crippen LogP) is 2.93. The lowest BCUT2D eigenvalue weighted by Crippen LogP contribution is -2.77. The van der Waals surface area contributed by atoms with E-state index in [9.17, 15) is 24.6 Å². The van der Waals surface area contributed by atoms with Crippen LogP contribution in [0.15, 0.2) is 60.2 Å². The zero-order valence-electron chi connectivity index (χ0n) is 21.8. The van der Waals surface area contributed by atoms with Gasteiger partial charge in [0.05, 0.1) is 11.0 Å². The number of ether oxygens (including phenoxy) is 1. The van der Waals surface area contributed by atoms with Gasteiger partial charge in [-0.1, -0.05) is 36.4 Å². The van der Waals surface area contributed by atoms with E-state index in [4.69, 9.17) is 14.9 Å². The van der Waals surface area contributed by atoms with Crippen molar-refractivity contribution in [1.29, 1.82) is 0 Å². The zero-order chi connectivity index (χ0) is 28.2. The molecule has 3 aliphatic carbocycles. The Kier molecular flexibility index (Phi) is 6.31. The number of carbonyl (C=O) groups is 3. The molecule has 2 aromatic carbocycles. The quantitative estimate of drug-likeness (QED) is 0.417. The molecule has 0 aromatic heterocycles. The number of phenolic OH excluding ortho intramolecular Hbond substituents is 1. The van der Waals surface area contributed by atoms with Gasteiger partial charge in [-0.3, -0.25) is 9.69 Å². The SMILES string of the molecule is O=C(O)C=CC(=O)O.O=C1C(=Cc2ccccc2)CC2(O)C3Cc4ccc(O)c5c4C2(CCN3CC2CC2)C1O5. The summed E-state index contributed by atoms with van der Waals surface area (Å²) in [6.07, 6.45) is 6.49. The number of nitrogens with zero attached hydrogens (tertiary/aromatic N) is 1. The van der Waals surface area contributed by atoms with Gasteiger partial charge < -0.3 is 25.2 Å². The molecule has 2 heterocycles. The van der Waals surface area contributed by atoms with Gasteiger partial charge in [-0.15, -0.1) is 0 Å². The van der Waals surface area contributed by atoms with Gasteiger partial charge in [0.25, 0.3) is 0 Å². The minimum absolute atomic E-state index is 0.0572. The summed E-state index contributed by atoms with van der Waals surface area (Å²) in [5.74, 6) is -1.37. The molecule has 1 spiro atoms. The molecule has 9 nitrogen and oxygen atoms in total. The molecule has 4 N–H and O–H groups in total. The number of hydrogen-bond donors (Lipinski definition) is 4. The third-order valence-electron chi connectivity index (χ3n) is 9.04. The number of benzene rings is 2. The Hall–Kier alpha value is -3.95. The van der Waals surface area contributed by atoms with E-state index in [1.54, 1.807) is 6.07 Å². The van der Waals surface area contributed by atoms with Crippen LogP contribution >= 0.6 is 0 Å². The minimum atomic E-state index is -1.26. The molecule has 1 saturated heterocycles. The van der Waals surface area contributed by atoms with Gasteiger partial charge in [-0.2, -0.15) is 0 Å². The number of carbonyl (C=O) groups excluding carboxylic acids is 1. The lowest BCUT2D eigenvalue weighted by molar-refractivity contribution is -0.179. The fourth-order valence-corrected chi connectivity index (χ4v) is 7.20. The van der Waals surface area contributed by atoms with Gasteiger partial charge in [-0.05, 0) is 61.4 Å². The monoisotopic (exact) mass is 545 g/mol. The fourth-order valence-electron chi connectivity index (χ4n) is 7.20. The molecular weight excluding hydrogens is 514 g/mol. The maximum absolute atomic E-state index is 13.8. The highest BCUT2D eigenvalue weighted by Gasteiger charge is 2.74. The number of Topliss-reactive ketones (excluding diaryl/α,β-unsaturated/α-hetero) is 1. The molecule has 9 heteroatoms. The second-order valence-corrected chi connectivity index (χ2v) is 11.4. The van der Waals surface area contributed by atoms with E-state index in [0.717, 1.165) is 42.1 Å². The summed E-state index contributed by atoms with van der Waals surface area (Å²) in [6, 6.07) is 13.4. The Morgan fingerprint density at radius 3 is 2.40 bits per heavy atom. The number of rotatable bonds is 5. The van der Waals surface area contributed by atoms with Gasteiger partial charge in [0, 0.05) is 42.3 Å². The first kappa shape index (κ1) is 26.3. The zero-order valence-corrected chi connectivity index (χ0v) is 21.8. The highest BCUT2D eigenvalue weighted by Crippen LogP contribution is 2.65.